The second-order valence-electron chi connectivity index (χ2n) is 3.82. The van der Waals surface area contributed by atoms with Gasteiger partial charge < -0.3 is 5.32 Å². The quantitative estimate of drug-likeness (QED) is 0.591. The summed E-state index contributed by atoms with van der Waals surface area (Å²) in [4.78, 5) is 10.8. The van der Waals surface area contributed by atoms with Crippen molar-refractivity contribution in [1.29, 1.82) is 0 Å². The van der Waals surface area contributed by atoms with Gasteiger partial charge in [-0.05, 0) is 37.2 Å². The molecule has 0 saturated heterocycles. The lowest BCUT2D eigenvalue weighted by Gasteiger charge is -2.35. The molecule has 2 rings (SSSR count). The van der Waals surface area contributed by atoms with Crippen LogP contribution in [0.2, 0.25) is 0 Å². The van der Waals surface area contributed by atoms with E-state index in [-0.39, 0.29) is 5.91 Å². The van der Waals surface area contributed by atoms with Crippen LogP contribution in [-0.2, 0) is 4.79 Å². The van der Waals surface area contributed by atoms with Gasteiger partial charge in [-0.3, -0.25) is 4.79 Å². The fourth-order valence-corrected chi connectivity index (χ4v) is 1.93. The molecule has 0 aromatic rings. The maximum atomic E-state index is 10.8. The van der Waals surface area contributed by atoms with Gasteiger partial charge in [0.1, 0.15) is 0 Å². The first-order valence-corrected chi connectivity index (χ1v) is 4.17. The van der Waals surface area contributed by atoms with Crippen molar-refractivity contribution in [2.75, 3.05) is 0 Å². The highest BCUT2D eigenvalue weighted by molar-refractivity contribution is 5.87. The Morgan fingerprint density at radius 2 is 2.18 bits per heavy atom. The highest BCUT2D eigenvalue weighted by Gasteiger charge is 2.52. The highest BCUT2D eigenvalue weighted by atomic mass is 16.1. The molecule has 0 aliphatic heterocycles. The summed E-state index contributed by atoms with van der Waals surface area (Å²) < 4.78 is 0. The fraction of sp³-hybridized carbons (Fsp3) is 0.667. The summed E-state index contributed by atoms with van der Waals surface area (Å²) in [7, 11) is 0. The van der Waals surface area contributed by atoms with Gasteiger partial charge in [0, 0.05) is 6.04 Å². The molecule has 2 aliphatic carbocycles. The molecular formula is C9H13NO. The van der Waals surface area contributed by atoms with Crippen molar-refractivity contribution in [3.63, 3.8) is 0 Å². The van der Waals surface area contributed by atoms with Gasteiger partial charge in [-0.1, -0.05) is 6.58 Å². The Bertz CT molecular complexity index is 198. The lowest BCUT2D eigenvalue weighted by molar-refractivity contribution is -0.118. The lowest BCUT2D eigenvalue weighted by atomic mass is 9.77. The van der Waals surface area contributed by atoms with Gasteiger partial charge in [0.2, 0.25) is 5.91 Å². The van der Waals surface area contributed by atoms with Crippen LogP contribution in [0.1, 0.15) is 25.7 Å². The van der Waals surface area contributed by atoms with E-state index in [0.717, 1.165) is 0 Å². The molecule has 0 unspecified atom stereocenters. The van der Waals surface area contributed by atoms with Gasteiger partial charge in [0.05, 0.1) is 0 Å². The predicted octanol–water partition coefficient (Wildman–Crippen LogP) is 1.23. The fourth-order valence-electron chi connectivity index (χ4n) is 1.93. The maximum Gasteiger partial charge on any atom is 0.243 e. The molecular weight excluding hydrogens is 138 g/mol. The Morgan fingerprint density at radius 1 is 1.55 bits per heavy atom. The van der Waals surface area contributed by atoms with Crippen LogP contribution in [0, 0.1) is 5.41 Å². The normalized spacial score (nSPS) is 25.8. The smallest absolute Gasteiger partial charge is 0.243 e. The van der Waals surface area contributed by atoms with Crippen LogP contribution < -0.4 is 5.32 Å². The van der Waals surface area contributed by atoms with Gasteiger partial charge in [0.15, 0.2) is 0 Å². The van der Waals surface area contributed by atoms with Crippen molar-refractivity contribution in [2.45, 2.75) is 31.7 Å². The van der Waals surface area contributed by atoms with Crippen molar-refractivity contribution in [3.8, 4) is 0 Å². The summed E-state index contributed by atoms with van der Waals surface area (Å²) in [5, 5.41) is 2.90. The summed E-state index contributed by atoms with van der Waals surface area (Å²) in [6, 6.07) is 0.447. The number of hydrogen-bond donors (Lipinski definition) is 1. The van der Waals surface area contributed by atoms with Crippen LogP contribution in [0.4, 0.5) is 0 Å². The molecule has 0 atom stereocenters. The van der Waals surface area contributed by atoms with Gasteiger partial charge >= 0.3 is 0 Å². The van der Waals surface area contributed by atoms with Crippen LogP contribution in [0.15, 0.2) is 12.7 Å². The third-order valence-corrected chi connectivity index (χ3v) is 2.85. The molecule has 11 heavy (non-hydrogen) atoms. The third-order valence-electron chi connectivity index (χ3n) is 2.85. The molecule has 2 aliphatic rings. The average Bonchev–Trinajstić information content (AvgIpc) is 2.66. The first-order chi connectivity index (χ1) is 5.24. The Labute approximate surface area is 66.7 Å². The zero-order valence-electron chi connectivity index (χ0n) is 6.60. The summed E-state index contributed by atoms with van der Waals surface area (Å²) in [5.41, 5.74) is 0.680. The van der Waals surface area contributed by atoms with Crippen LogP contribution >= 0.6 is 0 Å². The monoisotopic (exact) mass is 151 g/mol. The predicted molar refractivity (Wildman–Crippen MR) is 43.0 cm³/mol. The summed E-state index contributed by atoms with van der Waals surface area (Å²) in [5.74, 6) is -0.0227. The minimum Gasteiger partial charge on any atom is -0.350 e. The molecule has 2 fully saturated rings. The maximum absolute atomic E-state index is 10.8. The standard InChI is InChI=1S/C9H13NO/c1-2-8(11)10-7-5-9(6-7)3-4-9/h2,7H,1,3-6H2,(H,10,11). The number of nitrogens with one attached hydrogen (secondary N) is 1. The van der Waals surface area contributed by atoms with E-state index < -0.39 is 0 Å². The highest BCUT2D eigenvalue weighted by Crippen LogP contribution is 2.60. The summed E-state index contributed by atoms with van der Waals surface area (Å²) in [6.07, 6.45) is 6.51. The Hall–Kier alpha value is -0.790. The van der Waals surface area contributed by atoms with E-state index in [0.29, 0.717) is 11.5 Å². The number of amides is 1. The average molecular weight is 151 g/mol. The minimum atomic E-state index is -0.0227. The van der Waals surface area contributed by atoms with E-state index in [1.807, 2.05) is 0 Å². The Balaban J connectivity index is 1.74. The molecule has 0 bridgehead atoms. The van der Waals surface area contributed by atoms with E-state index in [2.05, 4.69) is 11.9 Å². The summed E-state index contributed by atoms with van der Waals surface area (Å²) >= 11 is 0. The topological polar surface area (TPSA) is 29.1 Å². The van der Waals surface area contributed by atoms with E-state index >= 15 is 0 Å². The van der Waals surface area contributed by atoms with E-state index in [9.17, 15) is 4.79 Å². The molecule has 0 aromatic carbocycles. The van der Waals surface area contributed by atoms with Crippen LogP contribution in [-0.4, -0.2) is 11.9 Å². The van der Waals surface area contributed by atoms with Crippen LogP contribution in [0.5, 0.6) is 0 Å². The molecule has 1 spiro atoms. The second kappa shape index (κ2) is 2.10. The molecule has 1 amide bonds. The van der Waals surface area contributed by atoms with Gasteiger partial charge in [0.25, 0.3) is 0 Å². The number of carbonyl (C=O) groups is 1. The SMILES string of the molecule is C=CC(=O)NC1CC2(CC2)C1. The zero-order chi connectivity index (χ0) is 7.90. The van der Waals surface area contributed by atoms with Gasteiger partial charge in [-0.25, -0.2) is 0 Å². The van der Waals surface area contributed by atoms with Gasteiger partial charge in [-0.2, -0.15) is 0 Å². The number of rotatable bonds is 2. The minimum absolute atomic E-state index is 0.0227. The Kier molecular flexibility index (Phi) is 1.31. The first-order valence-electron chi connectivity index (χ1n) is 4.17. The molecule has 2 saturated carbocycles. The van der Waals surface area contributed by atoms with E-state index in [1.165, 1.54) is 31.8 Å². The van der Waals surface area contributed by atoms with Crippen molar-refractivity contribution in [1.82, 2.24) is 5.32 Å². The number of hydrogen-bond acceptors (Lipinski definition) is 1. The molecule has 1 N–H and O–H groups in total. The van der Waals surface area contributed by atoms with Crippen molar-refractivity contribution in [2.24, 2.45) is 5.41 Å². The van der Waals surface area contributed by atoms with Gasteiger partial charge in [-0.15, -0.1) is 0 Å². The third kappa shape index (κ3) is 1.17. The molecule has 0 radical (unpaired) electrons. The lowest BCUT2D eigenvalue weighted by Crippen LogP contribution is -2.44. The van der Waals surface area contributed by atoms with Crippen LogP contribution in [0.25, 0.3) is 0 Å². The molecule has 60 valence electrons. The van der Waals surface area contributed by atoms with Crippen LogP contribution in [0.3, 0.4) is 0 Å². The van der Waals surface area contributed by atoms with Crippen molar-refractivity contribution < 1.29 is 4.79 Å². The van der Waals surface area contributed by atoms with Crippen molar-refractivity contribution in [3.05, 3.63) is 12.7 Å². The summed E-state index contributed by atoms with van der Waals surface area (Å²) in [6.45, 7) is 3.41. The largest absolute Gasteiger partial charge is 0.350 e. The zero-order valence-corrected chi connectivity index (χ0v) is 6.60. The molecule has 2 heteroatoms. The molecule has 0 heterocycles. The molecule has 0 aromatic heterocycles. The number of carbonyl (C=O) groups excluding carboxylic acids is 1. The second-order valence-corrected chi connectivity index (χ2v) is 3.82. The van der Waals surface area contributed by atoms with Crippen molar-refractivity contribution >= 4 is 5.91 Å². The molecule has 2 nitrogen and oxygen atoms in total. The van der Waals surface area contributed by atoms with E-state index in [1.54, 1.807) is 0 Å². The first kappa shape index (κ1) is 6.89. The Morgan fingerprint density at radius 3 is 2.64 bits per heavy atom. The van der Waals surface area contributed by atoms with E-state index in [4.69, 9.17) is 0 Å².